The van der Waals surface area contributed by atoms with Gasteiger partial charge in [0.2, 0.25) is 5.91 Å². The first-order valence-corrected chi connectivity index (χ1v) is 5.90. The maximum Gasteiger partial charge on any atom is 0.303 e. The Hall–Kier alpha value is -1.78. The Kier molecular flexibility index (Phi) is 4.95. The minimum Gasteiger partial charge on any atom is -0.481 e. The Balaban J connectivity index is 2.26. The normalized spacial score (nSPS) is 11.2. The summed E-state index contributed by atoms with van der Waals surface area (Å²) in [5, 5.41) is 11.5. The van der Waals surface area contributed by atoms with Crippen LogP contribution in [0.4, 0.5) is 0 Å². The second-order valence-electron chi connectivity index (χ2n) is 5.09. The van der Waals surface area contributed by atoms with Crippen molar-refractivity contribution in [1.29, 1.82) is 0 Å². The zero-order valence-electron chi connectivity index (χ0n) is 10.7. The molecule has 1 aromatic rings. The zero-order chi connectivity index (χ0) is 13.6. The molecule has 5 nitrogen and oxygen atoms in total. The number of amides is 1. The number of nitrogens with one attached hydrogen (secondary N) is 1. The predicted octanol–water partition coefficient (Wildman–Crippen LogP) is 1.83. The summed E-state index contributed by atoms with van der Waals surface area (Å²) in [5.74, 6) is -0.198. The van der Waals surface area contributed by atoms with Crippen LogP contribution in [-0.2, 0) is 16.0 Å². The lowest BCUT2D eigenvalue weighted by atomic mass is 9.85. The van der Waals surface area contributed by atoms with Gasteiger partial charge in [-0.25, -0.2) is 0 Å². The van der Waals surface area contributed by atoms with Crippen molar-refractivity contribution in [3.8, 4) is 0 Å². The fraction of sp³-hybridized carbons (Fsp3) is 0.538. The van der Waals surface area contributed by atoms with Crippen LogP contribution in [0.2, 0.25) is 0 Å². The number of carboxylic acid groups (broad SMARTS) is 1. The van der Waals surface area contributed by atoms with Gasteiger partial charge in [-0.05, 0) is 17.5 Å². The molecule has 0 atom stereocenters. The Morgan fingerprint density at radius 3 is 2.67 bits per heavy atom. The molecule has 1 aromatic heterocycles. The largest absolute Gasteiger partial charge is 0.481 e. The summed E-state index contributed by atoms with van der Waals surface area (Å²) < 4.78 is 5.14. The molecule has 5 heteroatoms. The molecule has 0 aromatic carbocycles. The summed E-state index contributed by atoms with van der Waals surface area (Å²) in [7, 11) is 0. The van der Waals surface area contributed by atoms with E-state index in [0.717, 1.165) is 5.76 Å². The third-order valence-electron chi connectivity index (χ3n) is 2.54. The number of carbonyl (C=O) groups excluding carboxylic acids is 1. The van der Waals surface area contributed by atoms with E-state index in [1.165, 1.54) is 0 Å². The number of carboxylic acids is 1. The highest BCUT2D eigenvalue weighted by molar-refractivity contribution is 5.77. The summed E-state index contributed by atoms with van der Waals surface area (Å²) >= 11 is 0. The lowest BCUT2D eigenvalue weighted by Gasteiger charge is -2.21. The molecule has 0 bridgehead atoms. The summed E-state index contributed by atoms with van der Waals surface area (Å²) in [6, 6.07) is 3.65. The molecule has 1 heterocycles. The van der Waals surface area contributed by atoms with Gasteiger partial charge in [-0.1, -0.05) is 13.8 Å². The number of aliphatic carboxylic acids is 1. The van der Waals surface area contributed by atoms with Gasteiger partial charge in [0.1, 0.15) is 5.76 Å². The topological polar surface area (TPSA) is 79.5 Å². The predicted molar refractivity (Wildman–Crippen MR) is 66.1 cm³/mol. The molecular weight excluding hydrogens is 234 g/mol. The Labute approximate surface area is 106 Å². The van der Waals surface area contributed by atoms with Crippen molar-refractivity contribution in [2.45, 2.75) is 33.1 Å². The van der Waals surface area contributed by atoms with Gasteiger partial charge in [0.15, 0.2) is 0 Å². The van der Waals surface area contributed by atoms with Crippen LogP contribution in [0.5, 0.6) is 0 Å². The van der Waals surface area contributed by atoms with E-state index in [0.29, 0.717) is 13.0 Å². The molecular formula is C13H19NO4. The first kappa shape index (κ1) is 14.3. The summed E-state index contributed by atoms with van der Waals surface area (Å²) in [4.78, 5) is 22.3. The van der Waals surface area contributed by atoms with Crippen LogP contribution in [0.1, 0.15) is 32.4 Å². The standard InChI is InChI=1S/C13H19NO4/c1-13(2,9-12(16)17)8-11(15)14-6-5-10-4-3-7-18-10/h3-4,7H,5-6,8-9H2,1-2H3,(H,14,15)(H,16,17). The molecule has 0 unspecified atom stereocenters. The second kappa shape index (κ2) is 6.23. The van der Waals surface area contributed by atoms with E-state index in [2.05, 4.69) is 5.32 Å². The average molecular weight is 253 g/mol. The highest BCUT2D eigenvalue weighted by Crippen LogP contribution is 2.24. The summed E-state index contributed by atoms with van der Waals surface area (Å²) in [6.07, 6.45) is 2.42. The van der Waals surface area contributed by atoms with E-state index in [9.17, 15) is 9.59 Å². The van der Waals surface area contributed by atoms with Crippen molar-refractivity contribution in [1.82, 2.24) is 5.32 Å². The molecule has 0 aliphatic rings. The van der Waals surface area contributed by atoms with Crippen molar-refractivity contribution < 1.29 is 19.1 Å². The second-order valence-corrected chi connectivity index (χ2v) is 5.09. The Bertz CT molecular complexity index is 395. The summed E-state index contributed by atoms with van der Waals surface area (Å²) in [6.45, 7) is 4.04. The van der Waals surface area contributed by atoms with Gasteiger partial charge in [0.25, 0.3) is 0 Å². The van der Waals surface area contributed by atoms with Crippen LogP contribution in [0.15, 0.2) is 22.8 Å². The molecule has 18 heavy (non-hydrogen) atoms. The fourth-order valence-electron chi connectivity index (χ4n) is 1.75. The van der Waals surface area contributed by atoms with E-state index in [4.69, 9.17) is 9.52 Å². The van der Waals surface area contributed by atoms with Crippen LogP contribution in [0.25, 0.3) is 0 Å². The van der Waals surface area contributed by atoms with Crippen molar-refractivity contribution in [2.75, 3.05) is 6.54 Å². The fourth-order valence-corrected chi connectivity index (χ4v) is 1.75. The highest BCUT2D eigenvalue weighted by Gasteiger charge is 2.24. The number of furan rings is 1. The third kappa shape index (κ3) is 5.52. The van der Waals surface area contributed by atoms with Gasteiger partial charge in [-0.2, -0.15) is 0 Å². The van der Waals surface area contributed by atoms with Crippen molar-refractivity contribution in [2.24, 2.45) is 5.41 Å². The first-order chi connectivity index (χ1) is 8.39. The van der Waals surface area contributed by atoms with Gasteiger partial charge < -0.3 is 14.8 Å². The summed E-state index contributed by atoms with van der Waals surface area (Å²) in [5.41, 5.74) is -0.527. The average Bonchev–Trinajstić information content (AvgIpc) is 2.66. The molecule has 0 spiro atoms. The van der Waals surface area contributed by atoms with E-state index in [1.807, 2.05) is 6.07 Å². The zero-order valence-corrected chi connectivity index (χ0v) is 10.7. The van der Waals surface area contributed by atoms with Gasteiger partial charge >= 0.3 is 5.97 Å². The lowest BCUT2D eigenvalue weighted by Crippen LogP contribution is -2.31. The first-order valence-electron chi connectivity index (χ1n) is 5.90. The number of rotatable bonds is 7. The minimum atomic E-state index is -0.886. The third-order valence-corrected chi connectivity index (χ3v) is 2.54. The minimum absolute atomic E-state index is 0.0153. The van der Waals surface area contributed by atoms with E-state index in [1.54, 1.807) is 26.2 Å². The molecule has 2 N–H and O–H groups in total. The van der Waals surface area contributed by atoms with Gasteiger partial charge in [-0.3, -0.25) is 9.59 Å². The van der Waals surface area contributed by atoms with Crippen LogP contribution >= 0.6 is 0 Å². The molecule has 1 amide bonds. The number of carbonyl (C=O) groups is 2. The van der Waals surface area contributed by atoms with Gasteiger partial charge in [0, 0.05) is 19.4 Å². The smallest absolute Gasteiger partial charge is 0.303 e. The quantitative estimate of drug-likeness (QED) is 0.777. The number of hydrogen-bond donors (Lipinski definition) is 2. The van der Waals surface area contributed by atoms with E-state index < -0.39 is 11.4 Å². The SMILES string of the molecule is CC(C)(CC(=O)O)CC(=O)NCCc1ccco1. The van der Waals surface area contributed by atoms with E-state index >= 15 is 0 Å². The molecule has 0 aliphatic heterocycles. The molecule has 0 saturated carbocycles. The molecule has 100 valence electrons. The van der Waals surface area contributed by atoms with Crippen LogP contribution in [0.3, 0.4) is 0 Å². The van der Waals surface area contributed by atoms with Crippen LogP contribution in [-0.4, -0.2) is 23.5 Å². The Morgan fingerprint density at radius 1 is 1.39 bits per heavy atom. The van der Waals surface area contributed by atoms with E-state index in [-0.39, 0.29) is 18.7 Å². The monoisotopic (exact) mass is 253 g/mol. The maximum atomic E-state index is 11.6. The van der Waals surface area contributed by atoms with Crippen LogP contribution < -0.4 is 5.32 Å². The molecule has 0 fully saturated rings. The molecule has 1 rings (SSSR count). The molecule has 0 radical (unpaired) electrons. The van der Waals surface area contributed by atoms with Crippen molar-refractivity contribution >= 4 is 11.9 Å². The van der Waals surface area contributed by atoms with Crippen molar-refractivity contribution in [3.05, 3.63) is 24.2 Å². The molecule has 0 saturated heterocycles. The lowest BCUT2D eigenvalue weighted by molar-refractivity contribution is -0.139. The Morgan fingerprint density at radius 2 is 2.11 bits per heavy atom. The highest BCUT2D eigenvalue weighted by atomic mass is 16.4. The number of hydrogen-bond acceptors (Lipinski definition) is 3. The van der Waals surface area contributed by atoms with Crippen LogP contribution in [0, 0.1) is 5.41 Å². The van der Waals surface area contributed by atoms with Gasteiger partial charge in [0.05, 0.1) is 12.7 Å². The van der Waals surface area contributed by atoms with Gasteiger partial charge in [-0.15, -0.1) is 0 Å². The maximum absolute atomic E-state index is 11.6. The van der Waals surface area contributed by atoms with Crippen molar-refractivity contribution in [3.63, 3.8) is 0 Å². The molecule has 0 aliphatic carbocycles.